The summed E-state index contributed by atoms with van der Waals surface area (Å²) in [6.07, 6.45) is -1.24. The zero-order chi connectivity index (χ0) is 14.3. The molecule has 0 aromatic carbocycles. The maximum absolute atomic E-state index is 10.1. The molecule has 6 nitrogen and oxygen atoms in total. The van der Waals surface area contributed by atoms with Gasteiger partial charge in [0.1, 0.15) is 6.23 Å². The number of rotatable bonds is 9. The van der Waals surface area contributed by atoms with Crippen molar-refractivity contribution in [2.75, 3.05) is 32.7 Å². The third-order valence-corrected chi connectivity index (χ3v) is 2.72. The largest absolute Gasteiger partial charge is 0.392 e. The van der Waals surface area contributed by atoms with Crippen LogP contribution in [-0.2, 0) is 0 Å². The molecule has 18 heavy (non-hydrogen) atoms. The quantitative estimate of drug-likeness (QED) is 0.401. The average Bonchev–Trinajstić information content (AvgIpc) is 2.22. The molecule has 0 aliphatic carbocycles. The Balaban J connectivity index is 4.36. The molecule has 0 fully saturated rings. The van der Waals surface area contributed by atoms with Gasteiger partial charge in [0, 0.05) is 13.1 Å². The molecule has 6 heteroatoms. The van der Waals surface area contributed by atoms with Crippen LogP contribution in [0, 0.1) is 0 Å². The predicted octanol–water partition coefficient (Wildman–Crippen LogP) is -0.970. The smallest absolute Gasteiger partial charge is 0.172 e. The highest BCUT2D eigenvalue weighted by Gasteiger charge is 2.25. The number of aliphatic hydroxyl groups is 4. The van der Waals surface area contributed by atoms with Crippen molar-refractivity contribution in [1.29, 1.82) is 0 Å². The number of hydrogen-bond acceptors (Lipinski definition) is 6. The lowest BCUT2D eigenvalue weighted by molar-refractivity contribution is -0.177. The first-order valence-electron chi connectivity index (χ1n) is 6.46. The summed E-state index contributed by atoms with van der Waals surface area (Å²) in [5.74, 6) is -1.82. The summed E-state index contributed by atoms with van der Waals surface area (Å²) in [6, 6.07) is 0. The normalized spacial score (nSPS) is 16.3. The van der Waals surface area contributed by atoms with Gasteiger partial charge >= 0.3 is 0 Å². The minimum Gasteiger partial charge on any atom is -0.392 e. The van der Waals surface area contributed by atoms with Crippen molar-refractivity contribution in [3.8, 4) is 0 Å². The molecule has 2 atom stereocenters. The van der Waals surface area contributed by atoms with Gasteiger partial charge in [0.15, 0.2) is 5.79 Å². The van der Waals surface area contributed by atoms with E-state index in [0.29, 0.717) is 19.6 Å². The molecule has 0 spiro atoms. The summed E-state index contributed by atoms with van der Waals surface area (Å²) in [4.78, 5) is 3.51. The maximum atomic E-state index is 10.1. The summed E-state index contributed by atoms with van der Waals surface area (Å²) in [5, 5.41) is 38.1. The molecule has 0 amide bonds. The van der Waals surface area contributed by atoms with Gasteiger partial charge in [-0.3, -0.25) is 9.80 Å². The molecule has 0 heterocycles. The van der Waals surface area contributed by atoms with E-state index in [1.807, 2.05) is 18.7 Å². The molecular formula is C12H28N2O4. The number of hydrogen-bond donors (Lipinski definition) is 4. The molecule has 110 valence electrons. The Kier molecular flexibility index (Phi) is 7.93. The second-order valence-electron chi connectivity index (χ2n) is 4.96. The SMILES string of the molecule is CCN(C[C@@H](O)N(CC)CC(C)(O)O)C[C@@H](C)O. The molecule has 0 aliphatic heterocycles. The molecule has 0 radical (unpaired) electrons. The molecule has 0 aliphatic rings. The lowest BCUT2D eigenvalue weighted by Crippen LogP contribution is -2.50. The van der Waals surface area contributed by atoms with Gasteiger partial charge in [-0.1, -0.05) is 13.8 Å². The van der Waals surface area contributed by atoms with Crippen LogP contribution in [0.25, 0.3) is 0 Å². The van der Waals surface area contributed by atoms with Gasteiger partial charge in [0.25, 0.3) is 0 Å². The predicted molar refractivity (Wildman–Crippen MR) is 69.9 cm³/mol. The van der Waals surface area contributed by atoms with Crippen LogP contribution in [0.4, 0.5) is 0 Å². The first-order chi connectivity index (χ1) is 8.19. The highest BCUT2D eigenvalue weighted by Crippen LogP contribution is 2.06. The van der Waals surface area contributed by atoms with Gasteiger partial charge in [0.2, 0.25) is 0 Å². The fourth-order valence-corrected chi connectivity index (χ4v) is 1.87. The molecular weight excluding hydrogens is 236 g/mol. The molecule has 0 bridgehead atoms. The Morgan fingerprint density at radius 2 is 1.61 bits per heavy atom. The minimum atomic E-state index is -1.82. The average molecular weight is 264 g/mol. The van der Waals surface area contributed by atoms with Crippen LogP contribution in [0.5, 0.6) is 0 Å². The van der Waals surface area contributed by atoms with Crippen molar-refractivity contribution < 1.29 is 20.4 Å². The van der Waals surface area contributed by atoms with E-state index in [1.54, 1.807) is 11.8 Å². The molecule has 0 aromatic heterocycles. The van der Waals surface area contributed by atoms with Crippen molar-refractivity contribution in [2.24, 2.45) is 0 Å². The molecule has 0 aromatic rings. The van der Waals surface area contributed by atoms with Gasteiger partial charge in [0.05, 0.1) is 12.6 Å². The fourth-order valence-electron chi connectivity index (χ4n) is 1.87. The number of nitrogens with zero attached hydrogens (tertiary/aromatic N) is 2. The van der Waals surface area contributed by atoms with Crippen molar-refractivity contribution >= 4 is 0 Å². The van der Waals surface area contributed by atoms with Crippen molar-refractivity contribution in [3.05, 3.63) is 0 Å². The van der Waals surface area contributed by atoms with Gasteiger partial charge in [-0.15, -0.1) is 0 Å². The lowest BCUT2D eigenvalue weighted by Gasteiger charge is -2.34. The highest BCUT2D eigenvalue weighted by atomic mass is 16.5. The van der Waals surface area contributed by atoms with E-state index in [0.717, 1.165) is 6.54 Å². The topological polar surface area (TPSA) is 87.4 Å². The van der Waals surface area contributed by atoms with Crippen molar-refractivity contribution in [2.45, 2.75) is 45.8 Å². The molecule has 0 unspecified atom stereocenters. The minimum absolute atomic E-state index is 0.0170. The Morgan fingerprint density at radius 3 is 1.94 bits per heavy atom. The van der Waals surface area contributed by atoms with Gasteiger partial charge < -0.3 is 20.4 Å². The number of likely N-dealkylation sites (N-methyl/N-ethyl adjacent to an activating group) is 2. The second kappa shape index (κ2) is 8.04. The van der Waals surface area contributed by atoms with Crippen molar-refractivity contribution in [3.63, 3.8) is 0 Å². The fraction of sp³-hybridized carbons (Fsp3) is 1.00. The molecule has 0 saturated heterocycles. The molecule has 0 saturated carbocycles. The Bertz CT molecular complexity index is 219. The van der Waals surface area contributed by atoms with Crippen molar-refractivity contribution in [1.82, 2.24) is 9.80 Å². The first-order valence-corrected chi connectivity index (χ1v) is 6.46. The van der Waals surface area contributed by atoms with E-state index >= 15 is 0 Å². The van der Waals surface area contributed by atoms with Crippen LogP contribution in [0.15, 0.2) is 0 Å². The van der Waals surface area contributed by atoms with E-state index in [-0.39, 0.29) is 6.54 Å². The Labute approximate surface area is 109 Å². The van der Waals surface area contributed by atoms with Crippen LogP contribution in [0.2, 0.25) is 0 Å². The van der Waals surface area contributed by atoms with Gasteiger partial charge in [-0.25, -0.2) is 0 Å². The van der Waals surface area contributed by atoms with Crippen LogP contribution >= 0.6 is 0 Å². The summed E-state index contributed by atoms with van der Waals surface area (Å²) in [7, 11) is 0. The second-order valence-corrected chi connectivity index (χ2v) is 4.96. The standard InChI is InChI=1S/C12H28N2O4/c1-5-13(7-10(3)15)8-11(16)14(6-2)9-12(4,17)18/h10-11,15-18H,5-9H2,1-4H3/t10-,11-/m1/s1. The first kappa shape index (κ1) is 17.8. The monoisotopic (exact) mass is 264 g/mol. The van der Waals surface area contributed by atoms with E-state index in [2.05, 4.69) is 0 Å². The van der Waals surface area contributed by atoms with E-state index in [4.69, 9.17) is 0 Å². The van der Waals surface area contributed by atoms with E-state index < -0.39 is 18.1 Å². The van der Waals surface area contributed by atoms with E-state index in [9.17, 15) is 20.4 Å². The molecule has 4 N–H and O–H groups in total. The Hall–Kier alpha value is -0.240. The third-order valence-electron chi connectivity index (χ3n) is 2.72. The molecule has 0 rings (SSSR count). The maximum Gasteiger partial charge on any atom is 0.172 e. The van der Waals surface area contributed by atoms with Crippen LogP contribution < -0.4 is 0 Å². The zero-order valence-corrected chi connectivity index (χ0v) is 11.9. The Morgan fingerprint density at radius 1 is 1.06 bits per heavy atom. The summed E-state index contributed by atoms with van der Waals surface area (Å²) in [6.45, 7) is 8.86. The van der Waals surface area contributed by atoms with Gasteiger partial charge in [-0.05, 0) is 26.9 Å². The summed E-state index contributed by atoms with van der Waals surface area (Å²) >= 11 is 0. The zero-order valence-electron chi connectivity index (χ0n) is 11.9. The summed E-state index contributed by atoms with van der Waals surface area (Å²) in [5.41, 5.74) is 0. The van der Waals surface area contributed by atoms with Gasteiger partial charge in [-0.2, -0.15) is 0 Å². The van der Waals surface area contributed by atoms with E-state index in [1.165, 1.54) is 6.92 Å². The lowest BCUT2D eigenvalue weighted by atomic mass is 10.2. The van der Waals surface area contributed by atoms with Crippen LogP contribution in [0.1, 0.15) is 27.7 Å². The third kappa shape index (κ3) is 7.97. The van der Waals surface area contributed by atoms with Crippen LogP contribution in [0.3, 0.4) is 0 Å². The summed E-state index contributed by atoms with van der Waals surface area (Å²) < 4.78 is 0. The highest BCUT2D eigenvalue weighted by molar-refractivity contribution is 4.71. The van der Waals surface area contributed by atoms with Crippen LogP contribution in [-0.4, -0.2) is 81.1 Å². The number of aliphatic hydroxyl groups excluding tert-OH is 2.